The van der Waals surface area contributed by atoms with Crippen LogP contribution < -0.4 is 10.2 Å². The van der Waals surface area contributed by atoms with Crippen LogP contribution in [0.15, 0.2) is 47.6 Å². The molecule has 3 N–H and O–H groups in total. The molecule has 1 saturated heterocycles. The number of hydrogen-bond donors (Lipinski definition) is 3. The van der Waals surface area contributed by atoms with Crippen LogP contribution in [0.3, 0.4) is 0 Å². The molecule has 2 aromatic heterocycles. The largest absolute Gasteiger partial charge is 0.369 e. The van der Waals surface area contributed by atoms with Crippen LogP contribution in [0, 0.1) is 13.8 Å². The third-order valence-corrected chi connectivity index (χ3v) is 5.60. The Morgan fingerprint density at radius 1 is 1.14 bits per heavy atom. The van der Waals surface area contributed by atoms with Gasteiger partial charge in [0.2, 0.25) is 11.7 Å². The summed E-state index contributed by atoms with van der Waals surface area (Å²) in [6, 6.07) is 10.4. The van der Waals surface area contributed by atoms with Crippen molar-refractivity contribution >= 4 is 11.6 Å². The maximum atomic E-state index is 8.08. The van der Waals surface area contributed by atoms with Crippen molar-refractivity contribution in [2.75, 3.05) is 16.8 Å². The average Bonchev–Trinajstić information content (AvgIpc) is 3.52. The third kappa shape index (κ3) is 8.34. The SMILES string of the molecule is C=CN(c1nc(C)nc(NCCc2ccccc2)c1C)C1CCC(c2noc(CC)n2)O1.CC(C)(O)O. The van der Waals surface area contributed by atoms with Crippen molar-refractivity contribution in [1.82, 2.24) is 20.1 Å². The summed E-state index contributed by atoms with van der Waals surface area (Å²) < 4.78 is 11.5. The van der Waals surface area contributed by atoms with E-state index in [1.54, 1.807) is 6.20 Å². The molecule has 37 heavy (non-hydrogen) atoms. The fourth-order valence-electron chi connectivity index (χ4n) is 3.90. The predicted octanol–water partition coefficient (Wildman–Crippen LogP) is 4.23. The second kappa shape index (κ2) is 12.8. The van der Waals surface area contributed by atoms with Crippen molar-refractivity contribution in [2.45, 2.75) is 78.4 Å². The second-order valence-corrected chi connectivity index (χ2v) is 9.37. The highest BCUT2D eigenvalue weighted by Gasteiger charge is 2.34. The van der Waals surface area contributed by atoms with Crippen molar-refractivity contribution in [3.63, 3.8) is 0 Å². The van der Waals surface area contributed by atoms with Crippen molar-refractivity contribution in [2.24, 2.45) is 0 Å². The lowest BCUT2D eigenvalue weighted by atomic mass is 10.1. The Bertz CT molecular complexity index is 1140. The standard InChI is InChI=1S/C24H30N6O2.C3H8O2/c1-5-20-28-23(29-32-20)19-12-13-21(31-19)30(6-2)24-16(3)22(26-17(4)27-24)25-15-14-18-10-8-7-9-11-18;1-3(2,4)5/h6-11,19,21H,2,5,12-15H2,1,3-4H3,(H,25,26,27);4-5H,1-2H3. The van der Waals surface area contributed by atoms with Crippen LogP contribution in [0.4, 0.5) is 11.6 Å². The van der Waals surface area contributed by atoms with E-state index in [2.05, 4.69) is 51.3 Å². The minimum atomic E-state index is -1.50. The first-order valence-corrected chi connectivity index (χ1v) is 12.6. The van der Waals surface area contributed by atoms with Crippen LogP contribution in [0.25, 0.3) is 0 Å². The normalized spacial score (nSPS) is 17.2. The van der Waals surface area contributed by atoms with Gasteiger partial charge in [-0.15, -0.1) is 0 Å². The molecule has 3 aromatic rings. The molecular formula is C27H38N6O4. The molecule has 10 heteroatoms. The smallest absolute Gasteiger partial charge is 0.226 e. The number of aromatic nitrogens is 4. The molecule has 0 spiro atoms. The van der Waals surface area contributed by atoms with Crippen LogP contribution in [0.2, 0.25) is 0 Å². The molecule has 0 amide bonds. The lowest BCUT2D eigenvalue weighted by Crippen LogP contribution is -2.31. The number of hydrogen-bond acceptors (Lipinski definition) is 10. The molecule has 10 nitrogen and oxygen atoms in total. The van der Waals surface area contributed by atoms with Gasteiger partial charge < -0.3 is 29.7 Å². The molecule has 1 aliphatic heterocycles. The number of rotatable bonds is 9. The number of aliphatic hydroxyl groups is 2. The van der Waals surface area contributed by atoms with Crippen LogP contribution >= 0.6 is 0 Å². The van der Waals surface area contributed by atoms with Crippen LogP contribution in [0.5, 0.6) is 0 Å². The molecule has 2 atom stereocenters. The van der Waals surface area contributed by atoms with Gasteiger partial charge in [0.15, 0.2) is 5.79 Å². The molecule has 2 unspecified atom stereocenters. The Kier molecular flexibility index (Phi) is 9.73. The van der Waals surface area contributed by atoms with E-state index in [1.165, 1.54) is 19.4 Å². The summed E-state index contributed by atoms with van der Waals surface area (Å²) in [6.45, 7) is 13.3. The minimum absolute atomic E-state index is 0.196. The summed E-state index contributed by atoms with van der Waals surface area (Å²) in [5.74, 6) is 2.05. The number of aryl methyl sites for hydroxylation is 2. The second-order valence-electron chi connectivity index (χ2n) is 9.37. The molecule has 3 heterocycles. The molecule has 0 bridgehead atoms. The van der Waals surface area contributed by atoms with Crippen molar-refractivity contribution in [3.8, 4) is 0 Å². The molecule has 0 aliphatic carbocycles. The fraction of sp³-hybridized carbons (Fsp3) is 0.481. The summed E-state index contributed by atoms with van der Waals surface area (Å²) in [6.07, 6.45) is 4.62. The Balaban J connectivity index is 0.000000695. The van der Waals surface area contributed by atoms with E-state index >= 15 is 0 Å². The topological polar surface area (TPSA) is 130 Å². The van der Waals surface area contributed by atoms with E-state index in [4.69, 9.17) is 24.5 Å². The molecule has 0 radical (unpaired) electrons. The monoisotopic (exact) mass is 510 g/mol. The number of nitrogens with zero attached hydrogens (tertiary/aromatic N) is 5. The van der Waals surface area contributed by atoms with Gasteiger partial charge >= 0.3 is 0 Å². The summed E-state index contributed by atoms with van der Waals surface area (Å²) in [5.41, 5.74) is 2.25. The first kappa shape index (κ1) is 28.2. The van der Waals surface area contributed by atoms with Gasteiger partial charge in [-0.1, -0.05) is 49.0 Å². The van der Waals surface area contributed by atoms with Gasteiger partial charge in [0.25, 0.3) is 0 Å². The van der Waals surface area contributed by atoms with E-state index in [0.717, 1.165) is 43.0 Å². The first-order chi connectivity index (χ1) is 17.6. The molecule has 1 fully saturated rings. The zero-order chi connectivity index (χ0) is 27.0. The maximum absolute atomic E-state index is 8.08. The molecular weight excluding hydrogens is 472 g/mol. The van der Waals surface area contributed by atoms with Gasteiger partial charge in [0.05, 0.1) is 0 Å². The van der Waals surface area contributed by atoms with Gasteiger partial charge in [0.1, 0.15) is 29.8 Å². The average molecular weight is 511 g/mol. The van der Waals surface area contributed by atoms with Gasteiger partial charge in [-0.25, -0.2) is 9.97 Å². The van der Waals surface area contributed by atoms with Crippen molar-refractivity contribution in [3.05, 3.63) is 71.8 Å². The van der Waals surface area contributed by atoms with Crippen molar-refractivity contribution < 1.29 is 19.5 Å². The lowest BCUT2D eigenvalue weighted by molar-refractivity contribution is -0.127. The van der Waals surface area contributed by atoms with Gasteiger partial charge in [-0.05, 0) is 52.5 Å². The Hall–Kier alpha value is -3.34. The summed E-state index contributed by atoms with van der Waals surface area (Å²) in [5, 5.41) is 23.7. The number of nitrogens with one attached hydrogen (secondary N) is 1. The summed E-state index contributed by atoms with van der Waals surface area (Å²) in [7, 11) is 0. The quantitative estimate of drug-likeness (QED) is 0.360. The summed E-state index contributed by atoms with van der Waals surface area (Å²) in [4.78, 5) is 15.7. The minimum Gasteiger partial charge on any atom is -0.369 e. The molecule has 1 aromatic carbocycles. The molecule has 4 rings (SSSR count). The first-order valence-electron chi connectivity index (χ1n) is 12.6. The van der Waals surface area contributed by atoms with Crippen LogP contribution in [-0.2, 0) is 17.6 Å². The molecule has 0 saturated carbocycles. The van der Waals surface area contributed by atoms with Crippen molar-refractivity contribution in [1.29, 1.82) is 0 Å². The Labute approximate surface area is 218 Å². The number of benzene rings is 1. The highest BCUT2D eigenvalue weighted by atomic mass is 16.5. The van der Waals surface area contributed by atoms with E-state index in [-0.39, 0.29) is 12.3 Å². The van der Waals surface area contributed by atoms with Gasteiger partial charge in [-0.2, -0.15) is 4.98 Å². The molecule has 1 aliphatic rings. The molecule has 200 valence electrons. The van der Waals surface area contributed by atoms with Crippen LogP contribution in [-0.4, -0.2) is 48.9 Å². The summed E-state index contributed by atoms with van der Waals surface area (Å²) >= 11 is 0. The zero-order valence-electron chi connectivity index (χ0n) is 22.3. The third-order valence-electron chi connectivity index (χ3n) is 5.60. The van der Waals surface area contributed by atoms with E-state index in [9.17, 15) is 0 Å². The van der Waals surface area contributed by atoms with E-state index < -0.39 is 5.79 Å². The van der Waals surface area contributed by atoms with E-state index in [0.29, 0.717) is 24.0 Å². The Morgan fingerprint density at radius 2 is 1.84 bits per heavy atom. The zero-order valence-corrected chi connectivity index (χ0v) is 22.3. The highest BCUT2D eigenvalue weighted by molar-refractivity contribution is 5.60. The lowest BCUT2D eigenvalue weighted by Gasteiger charge is -2.28. The van der Waals surface area contributed by atoms with Gasteiger partial charge in [0, 0.05) is 24.7 Å². The maximum Gasteiger partial charge on any atom is 0.226 e. The van der Waals surface area contributed by atoms with Crippen LogP contribution in [0.1, 0.15) is 68.4 Å². The van der Waals surface area contributed by atoms with E-state index in [1.807, 2.05) is 31.7 Å². The van der Waals surface area contributed by atoms with Gasteiger partial charge in [-0.3, -0.25) is 0 Å². The number of anilines is 2. The predicted molar refractivity (Wildman–Crippen MR) is 142 cm³/mol. The Morgan fingerprint density at radius 3 is 2.46 bits per heavy atom. The fourth-order valence-corrected chi connectivity index (χ4v) is 3.90. The number of ether oxygens (including phenoxy) is 1. The highest BCUT2D eigenvalue weighted by Crippen LogP contribution is 2.36.